The second kappa shape index (κ2) is 9.75. The summed E-state index contributed by atoms with van der Waals surface area (Å²) in [5, 5.41) is 16.1. The number of phenolic OH excluding ortho intramolecular Hbond substituents is 1. The maximum Gasteiger partial charge on any atom is 0.253 e. The minimum Gasteiger partial charge on any atom is -0.504 e. The molecule has 4 N–H and O–H groups in total. The third kappa shape index (κ3) is 4.76. The molecule has 1 fully saturated rings. The fourth-order valence-electron chi connectivity index (χ4n) is 3.67. The molecular weight excluding hydrogens is 462 g/mol. The number of aromatic hydroxyl groups is 1. The van der Waals surface area contributed by atoms with Crippen molar-refractivity contribution >= 4 is 38.7 Å². The number of hydrogen-bond acceptors (Lipinski definition) is 9. The molecule has 0 aromatic heterocycles. The molecule has 1 aliphatic rings. The van der Waals surface area contributed by atoms with Crippen molar-refractivity contribution in [3.63, 3.8) is 0 Å². The van der Waals surface area contributed by atoms with Gasteiger partial charge < -0.3 is 25.2 Å². The Balaban J connectivity index is 1.89. The van der Waals surface area contributed by atoms with Crippen molar-refractivity contribution in [2.24, 2.45) is 0 Å². The summed E-state index contributed by atoms with van der Waals surface area (Å²) in [5.74, 6) is -0.694. The van der Waals surface area contributed by atoms with Crippen molar-refractivity contribution in [1.82, 2.24) is 4.72 Å². The number of halogens is 1. The van der Waals surface area contributed by atoms with Crippen LogP contribution in [0.1, 0.15) is 33.1 Å². The molecule has 0 bridgehead atoms. The van der Waals surface area contributed by atoms with Crippen LogP contribution in [0.25, 0.3) is 0 Å². The third-order valence-electron chi connectivity index (χ3n) is 5.40. The first-order valence-corrected chi connectivity index (χ1v) is 12.0. The SMILES string of the molecule is CC[C@@H](Nc1c(Nc2ccc(Cl)c(S(=O)(=O)NCOC)c2O)c(=O)c1=O)[C@H]1CC[C@@H](C)O1. The summed E-state index contributed by atoms with van der Waals surface area (Å²) in [5.41, 5.74) is -1.56. The Morgan fingerprint density at radius 3 is 2.53 bits per heavy atom. The lowest BCUT2D eigenvalue weighted by atomic mass is 10.0. The number of anilines is 3. The van der Waals surface area contributed by atoms with Gasteiger partial charge in [0.05, 0.1) is 29.0 Å². The number of sulfonamides is 1. The van der Waals surface area contributed by atoms with Crippen LogP contribution in [0.3, 0.4) is 0 Å². The highest BCUT2D eigenvalue weighted by Crippen LogP contribution is 2.38. The van der Waals surface area contributed by atoms with Crippen LogP contribution in [-0.4, -0.2) is 45.6 Å². The number of phenols is 1. The molecule has 0 aliphatic carbocycles. The quantitative estimate of drug-likeness (QED) is 0.225. The summed E-state index contributed by atoms with van der Waals surface area (Å²) in [4.78, 5) is 23.9. The van der Waals surface area contributed by atoms with Crippen LogP contribution in [0.2, 0.25) is 5.02 Å². The molecule has 3 atom stereocenters. The van der Waals surface area contributed by atoms with Crippen molar-refractivity contribution in [2.75, 3.05) is 24.5 Å². The lowest BCUT2D eigenvalue weighted by molar-refractivity contribution is 0.0438. The minimum atomic E-state index is -4.20. The third-order valence-corrected chi connectivity index (χ3v) is 7.27. The molecule has 2 aromatic carbocycles. The Hall–Kier alpha value is -2.18. The Morgan fingerprint density at radius 1 is 1.25 bits per heavy atom. The van der Waals surface area contributed by atoms with Gasteiger partial charge in [-0.1, -0.05) is 18.5 Å². The van der Waals surface area contributed by atoms with E-state index >= 15 is 0 Å². The van der Waals surface area contributed by atoms with Gasteiger partial charge in [0.25, 0.3) is 10.9 Å². The molecule has 32 heavy (non-hydrogen) atoms. The maximum absolute atomic E-state index is 12.5. The average Bonchev–Trinajstić information content (AvgIpc) is 3.18. The fourth-order valence-corrected chi connectivity index (χ4v) is 5.23. The van der Waals surface area contributed by atoms with E-state index in [0.29, 0.717) is 6.42 Å². The van der Waals surface area contributed by atoms with Gasteiger partial charge in [0.2, 0.25) is 10.0 Å². The Labute approximate surface area is 190 Å². The second-order valence-corrected chi connectivity index (χ2v) is 9.72. The summed E-state index contributed by atoms with van der Waals surface area (Å²) in [6, 6.07) is 2.38. The molecule has 0 saturated carbocycles. The molecule has 0 unspecified atom stereocenters. The van der Waals surface area contributed by atoms with Gasteiger partial charge in [-0.15, -0.1) is 0 Å². The summed E-state index contributed by atoms with van der Waals surface area (Å²) in [7, 11) is -2.91. The van der Waals surface area contributed by atoms with Crippen LogP contribution in [0, 0.1) is 0 Å². The van der Waals surface area contributed by atoms with Crippen molar-refractivity contribution < 1.29 is 23.0 Å². The topological polar surface area (TPSA) is 143 Å². The molecule has 176 valence electrons. The molecule has 0 amide bonds. The second-order valence-electron chi connectivity index (χ2n) is 7.61. The Kier molecular flexibility index (Phi) is 7.46. The van der Waals surface area contributed by atoms with Crippen LogP contribution < -0.4 is 26.2 Å². The van der Waals surface area contributed by atoms with Gasteiger partial charge in [-0.2, -0.15) is 4.72 Å². The van der Waals surface area contributed by atoms with Gasteiger partial charge in [0.15, 0.2) is 5.75 Å². The first-order chi connectivity index (χ1) is 15.1. The van der Waals surface area contributed by atoms with E-state index in [2.05, 4.69) is 15.4 Å². The van der Waals surface area contributed by atoms with Gasteiger partial charge in [-0.3, -0.25) is 9.59 Å². The standard InChI is InChI=1S/C20H26ClN3O7S/c1-4-12(14-8-5-10(2)31-14)23-15-16(19(27)18(15)26)24-13-7-6-11(21)20(17(13)25)32(28,29)22-9-30-3/h6-7,10,12,14,22-25H,4-5,8-9H2,1-3H3/t10-,12-,14-/m1/s1. The highest BCUT2D eigenvalue weighted by Gasteiger charge is 2.32. The zero-order valence-corrected chi connectivity index (χ0v) is 19.5. The molecule has 10 nitrogen and oxygen atoms in total. The first kappa shape index (κ1) is 24.5. The van der Waals surface area contributed by atoms with Gasteiger partial charge in [0, 0.05) is 7.11 Å². The smallest absolute Gasteiger partial charge is 0.253 e. The first-order valence-electron chi connectivity index (χ1n) is 10.1. The number of hydrogen-bond donors (Lipinski definition) is 4. The van der Waals surface area contributed by atoms with Crippen LogP contribution in [-0.2, 0) is 19.5 Å². The largest absolute Gasteiger partial charge is 0.504 e. The van der Waals surface area contributed by atoms with Gasteiger partial charge in [0.1, 0.15) is 23.0 Å². The van der Waals surface area contributed by atoms with Crippen molar-refractivity contribution in [2.45, 2.75) is 56.3 Å². The summed E-state index contributed by atoms with van der Waals surface area (Å²) in [6.45, 7) is 3.59. The van der Waals surface area contributed by atoms with Crippen LogP contribution in [0.4, 0.5) is 17.1 Å². The molecule has 2 aromatic rings. The molecule has 1 heterocycles. The highest BCUT2D eigenvalue weighted by atomic mass is 35.5. The summed E-state index contributed by atoms with van der Waals surface area (Å²) < 4.78 is 37.6. The lowest BCUT2D eigenvalue weighted by Crippen LogP contribution is -2.42. The molecule has 1 saturated heterocycles. The van der Waals surface area contributed by atoms with E-state index in [9.17, 15) is 23.1 Å². The van der Waals surface area contributed by atoms with Crippen LogP contribution in [0.15, 0.2) is 26.6 Å². The van der Waals surface area contributed by atoms with E-state index in [-0.39, 0.29) is 47.1 Å². The molecule has 0 spiro atoms. The molecule has 0 radical (unpaired) electrons. The zero-order valence-electron chi connectivity index (χ0n) is 17.9. The molecule has 1 aliphatic heterocycles. The van der Waals surface area contributed by atoms with E-state index in [0.717, 1.165) is 12.8 Å². The van der Waals surface area contributed by atoms with Gasteiger partial charge in [-0.05, 0) is 38.3 Å². The predicted octanol–water partition coefficient (Wildman–Crippen LogP) is 2.03. The predicted molar refractivity (Wildman–Crippen MR) is 121 cm³/mol. The van der Waals surface area contributed by atoms with Crippen molar-refractivity contribution in [1.29, 1.82) is 0 Å². The monoisotopic (exact) mass is 487 g/mol. The molecule has 3 rings (SSSR count). The van der Waals surface area contributed by atoms with Crippen molar-refractivity contribution in [3.05, 3.63) is 37.6 Å². The Bertz CT molecular complexity index is 1160. The summed E-state index contributed by atoms with van der Waals surface area (Å²) in [6.07, 6.45) is 2.43. The zero-order chi connectivity index (χ0) is 23.6. The minimum absolute atomic E-state index is 0.0645. The van der Waals surface area contributed by atoms with Gasteiger partial charge in [-0.25, -0.2) is 8.42 Å². The van der Waals surface area contributed by atoms with Crippen LogP contribution >= 0.6 is 11.6 Å². The molecular formula is C20H26ClN3O7S. The number of rotatable bonds is 10. The summed E-state index contributed by atoms with van der Waals surface area (Å²) >= 11 is 5.99. The van der Waals surface area contributed by atoms with Crippen molar-refractivity contribution in [3.8, 4) is 5.75 Å². The highest BCUT2D eigenvalue weighted by molar-refractivity contribution is 7.89. The average molecular weight is 488 g/mol. The van der Waals surface area contributed by atoms with E-state index in [4.69, 9.17) is 21.1 Å². The lowest BCUT2D eigenvalue weighted by Gasteiger charge is -2.26. The maximum atomic E-state index is 12.5. The van der Waals surface area contributed by atoms with E-state index in [1.807, 2.05) is 13.8 Å². The Morgan fingerprint density at radius 2 is 1.94 bits per heavy atom. The number of ether oxygens (including phenoxy) is 2. The van der Waals surface area contributed by atoms with Crippen LogP contribution in [0.5, 0.6) is 5.75 Å². The fraction of sp³-hybridized carbons (Fsp3) is 0.500. The number of methoxy groups -OCH3 is 1. The number of benzene rings is 1. The van der Waals surface area contributed by atoms with Gasteiger partial charge >= 0.3 is 0 Å². The number of nitrogens with one attached hydrogen (secondary N) is 3. The normalized spacial score (nSPS) is 19.9. The van der Waals surface area contributed by atoms with E-state index in [1.165, 1.54) is 19.2 Å². The van der Waals surface area contributed by atoms with E-state index < -0.39 is 31.5 Å². The molecule has 12 heteroatoms. The van der Waals surface area contributed by atoms with E-state index in [1.54, 1.807) is 0 Å².